The molecule has 1 aliphatic carbocycles. The molecule has 9 aromatic carbocycles. The molecule has 2 nitrogen and oxygen atoms in total. The van der Waals surface area contributed by atoms with E-state index in [4.69, 9.17) is 0 Å². The van der Waals surface area contributed by atoms with Crippen molar-refractivity contribution in [3.8, 4) is 11.1 Å². The summed E-state index contributed by atoms with van der Waals surface area (Å²) < 4.78 is 2.78. The molecule has 1 aromatic heterocycles. The minimum absolute atomic E-state index is 0.00255. The lowest BCUT2D eigenvalue weighted by atomic mass is 9.35. The first-order valence-electron chi connectivity index (χ1n) is 29.0. The van der Waals surface area contributed by atoms with Crippen molar-refractivity contribution in [2.24, 2.45) is 0 Å². The topological polar surface area (TPSA) is 6.48 Å². The normalized spacial score (nSPS) is 15.5. The number of fused-ring (bicyclic) bond motifs is 7. The fourth-order valence-corrected chi connectivity index (χ4v) is 19.0. The summed E-state index contributed by atoms with van der Waals surface area (Å²) in [5.74, 6) is 0. The van der Waals surface area contributed by atoms with E-state index in [1.54, 1.807) is 0 Å². The standard InChI is InChI=1S/C75H75BN2S2/c1-48-41-65-68-66(42-48)78(69-49(2)43-52(44-50(69)3)51-29-36-59(37-30-51)80(56-23-17-14-18-24-56,57-25-19-15-20-26-57)58-27-21-16-22-28-58)64-47-62-61(74(10,11)39-40-75(62,12)13)46-63(64)76(68)71-70(60-45-54(73(7,8)9)33-38-67(60)79-71)77(65)55-34-31-53(32-35-55)72(4,5)6/h14-38,41-47H,39-40H2,1-13H3. The van der Waals surface area contributed by atoms with Crippen LogP contribution in [0.3, 0.4) is 0 Å². The van der Waals surface area contributed by atoms with E-state index < -0.39 is 10.0 Å². The second kappa shape index (κ2) is 18.8. The number of hydrogen-bond donors (Lipinski definition) is 0. The predicted molar refractivity (Wildman–Crippen MR) is 348 cm³/mol. The molecule has 10 aromatic rings. The summed E-state index contributed by atoms with van der Waals surface area (Å²) in [6, 6.07) is 75.2. The van der Waals surface area contributed by atoms with Gasteiger partial charge in [0.1, 0.15) is 0 Å². The zero-order valence-corrected chi connectivity index (χ0v) is 50.8. The summed E-state index contributed by atoms with van der Waals surface area (Å²) >= 11 is 2.01. The fraction of sp³-hybridized carbons (Fsp3) is 0.253. The van der Waals surface area contributed by atoms with E-state index in [-0.39, 0.29) is 28.4 Å². The van der Waals surface area contributed by atoms with E-state index in [0.717, 1.165) is 12.8 Å². The number of anilines is 6. The highest BCUT2D eigenvalue weighted by molar-refractivity contribution is 8.34. The summed E-state index contributed by atoms with van der Waals surface area (Å²) in [6.45, 7) is 31.0. The second-order valence-corrected chi connectivity index (χ2v) is 30.8. The molecule has 0 unspecified atom stereocenters. The minimum atomic E-state index is -1.81. The maximum Gasteiger partial charge on any atom is 0.264 e. The van der Waals surface area contributed by atoms with E-state index in [2.05, 4.69) is 294 Å². The van der Waals surface area contributed by atoms with Crippen LogP contribution in [-0.4, -0.2) is 6.71 Å². The maximum atomic E-state index is 2.71. The van der Waals surface area contributed by atoms with Gasteiger partial charge in [0.25, 0.3) is 6.71 Å². The maximum absolute atomic E-state index is 2.71. The summed E-state index contributed by atoms with van der Waals surface area (Å²) in [4.78, 5) is 10.7. The SMILES string of the molecule is Cc1cc2c3c(c1)N(c1ccc(C(C)(C)C)cc1)c1c(sc4ccc(C(C)(C)C)cc14)B3c1cc3c(cc1N2c1c(C)cc(-c2ccc(S(c4ccccc4)(c4ccccc4)c4ccccc4)cc2)cc1C)C(C)(C)CCC3(C)C. The van der Waals surface area contributed by atoms with Gasteiger partial charge in [-0.2, -0.15) is 0 Å². The Morgan fingerprint density at radius 3 is 1.48 bits per heavy atom. The van der Waals surface area contributed by atoms with Gasteiger partial charge in [-0.3, -0.25) is 0 Å². The van der Waals surface area contributed by atoms with Crippen molar-refractivity contribution in [1.82, 2.24) is 0 Å². The second-order valence-electron chi connectivity index (χ2n) is 26.7. The monoisotopic (exact) mass is 1080 g/mol. The number of aryl methyl sites for hydroxylation is 3. The van der Waals surface area contributed by atoms with E-state index in [1.807, 2.05) is 11.3 Å². The van der Waals surface area contributed by atoms with Gasteiger partial charge < -0.3 is 9.80 Å². The highest BCUT2D eigenvalue weighted by Gasteiger charge is 2.48. The molecule has 0 spiro atoms. The average Bonchev–Trinajstić information content (AvgIpc) is 3.56. The average molecular weight is 1080 g/mol. The van der Waals surface area contributed by atoms with Crippen LogP contribution in [-0.2, 0) is 21.7 Å². The Balaban J connectivity index is 1.03. The van der Waals surface area contributed by atoms with Gasteiger partial charge in [-0.05, 0) is 219 Å². The molecule has 0 N–H and O–H groups in total. The smallest absolute Gasteiger partial charge is 0.264 e. The summed E-state index contributed by atoms with van der Waals surface area (Å²) in [5, 5.41) is 1.34. The van der Waals surface area contributed by atoms with Crippen LogP contribution >= 0.6 is 21.4 Å². The van der Waals surface area contributed by atoms with Gasteiger partial charge in [0.15, 0.2) is 0 Å². The van der Waals surface area contributed by atoms with Crippen LogP contribution in [0.15, 0.2) is 214 Å². The van der Waals surface area contributed by atoms with Gasteiger partial charge in [0, 0.05) is 57.2 Å². The molecule has 80 heavy (non-hydrogen) atoms. The van der Waals surface area contributed by atoms with Gasteiger partial charge in [-0.25, -0.2) is 0 Å². The molecule has 0 amide bonds. The lowest BCUT2D eigenvalue weighted by Crippen LogP contribution is -2.61. The molecule has 400 valence electrons. The Hall–Kier alpha value is -7.05. The first kappa shape index (κ1) is 52.3. The highest BCUT2D eigenvalue weighted by Crippen LogP contribution is 2.73. The van der Waals surface area contributed by atoms with Crippen molar-refractivity contribution >= 4 is 88.0 Å². The summed E-state index contributed by atoms with van der Waals surface area (Å²) in [6.07, 6.45) is 2.32. The van der Waals surface area contributed by atoms with Crippen LogP contribution in [0.25, 0.3) is 21.2 Å². The molecular weight excluding hydrogens is 1000 g/mol. The van der Waals surface area contributed by atoms with Gasteiger partial charge >= 0.3 is 0 Å². The molecule has 0 fully saturated rings. The summed E-state index contributed by atoms with van der Waals surface area (Å²) in [7, 11) is -1.81. The Morgan fingerprint density at radius 1 is 0.463 bits per heavy atom. The predicted octanol–water partition coefficient (Wildman–Crippen LogP) is 19.9. The van der Waals surface area contributed by atoms with Crippen molar-refractivity contribution in [3.63, 3.8) is 0 Å². The lowest BCUT2D eigenvalue weighted by Gasteiger charge is -2.47. The molecule has 13 rings (SSSR count). The van der Waals surface area contributed by atoms with Crippen LogP contribution in [0, 0.1) is 20.8 Å². The van der Waals surface area contributed by atoms with Crippen LogP contribution in [0.1, 0.15) is 121 Å². The number of thiophene rings is 1. The largest absolute Gasteiger partial charge is 0.311 e. The molecule has 0 saturated heterocycles. The first-order valence-corrected chi connectivity index (χ1v) is 31.4. The van der Waals surface area contributed by atoms with Crippen LogP contribution < -0.4 is 25.5 Å². The van der Waals surface area contributed by atoms with Crippen molar-refractivity contribution in [2.75, 3.05) is 9.80 Å². The fourth-order valence-electron chi connectivity index (χ4n) is 13.8. The molecule has 2 aliphatic heterocycles. The highest BCUT2D eigenvalue weighted by atomic mass is 32.3. The van der Waals surface area contributed by atoms with Crippen molar-refractivity contribution in [2.45, 2.75) is 144 Å². The number of benzene rings is 9. The molecule has 0 atom stereocenters. The third kappa shape index (κ3) is 8.27. The molecule has 0 saturated carbocycles. The minimum Gasteiger partial charge on any atom is -0.311 e. The van der Waals surface area contributed by atoms with Gasteiger partial charge in [0.2, 0.25) is 0 Å². The first-order chi connectivity index (χ1) is 38.1. The van der Waals surface area contributed by atoms with E-state index >= 15 is 0 Å². The molecule has 5 heteroatoms. The Bertz CT molecular complexity index is 3930. The van der Waals surface area contributed by atoms with E-state index in [1.165, 1.54) is 130 Å². The third-order valence-corrected chi connectivity index (χ3v) is 23.3. The quantitative estimate of drug-likeness (QED) is 0.147. The molecular formula is C75H75BN2S2. The molecule has 3 aliphatic rings. The van der Waals surface area contributed by atoms with Crippen LogP contribution in [0.4, 0.5) is 34.1 Å². The van der Waals surface area contributed by atoms with Gasteiger partial charge in [-0.15, -0.1) is 21.4 Å². The van der Waals surface area contributed by atoms with Crippen molar-refractivity contribution in [3.05, 3.63) is 233 Å². The zero-order chi connectivity index (χ0) is 55.8. The number of rotatable bonds is 7. The number of nitrogens with zero attached hydrogens (tertiary/aromatic N) is 2. The number of hydrogen-bond acceptors (Lipinski definition) is 3. The molecule has 3 heterocycles. The van der Waals surface area contributed by atoms with Crippen molar-refractivity contribution < 1.29 is 0 Å². The Labute approximate surface area is 483 Å². The zero-order valence-electron chi connectivity index (χ0n) is 49.2. The van der Waals surface area contributed by atoms with E-state index in [9.17, 15) is 0 Å². The Morgan fingerprint density at radius 2 is 0.950 bits per heavy atom. The molecule has 0 radical (unpaired) electrons. The Kier molecular flexibility index (Phi) is 12.3. The lowest BCUT2D eigenvalue weighted by molar-refractivity contribution is 0.332. The van der Waals surface area contributed by atoms with E-state index in [0.29, 0.717) is 0 Å². The van der Waals surface area contributed by atoms with Gasteiger partial charge in [0.05, 0.1) is 11.4 Å². The summed E-state index contributed by atoms with van der Waals surface area (Å²) in [5.41, 5.74) is 22.5. The van der Waals surface area contributed by atoms with Crippen LogP contribution in [0.5, 0.6) is 0 Å². The van der Waals surface area contributed by atoms with Gasteiger partial charge in [-0.1, -0.05) is 160 Å². The van der Waals surface area contributed by atoms with Crippen molar-refractivity contribution in [1.29, 1.82) is 0 Å². The van der Waals surface area contributed by atoms with Crippen LogP contribution in [0.2, 0.25) is 0 Å². The molecule has 0 bridgehead atoms. The third-order valence-electron chi connectivity index (χ3n) is 18.2.